The molecule has 0 aromatic carbocycles. The zero-order valence-corrected chi connectivity index (χ0v) is 9.38. The van der Waals surface area contributed by atoms with Crippen LogP contribution in [0, 0.1) is 6.92 Å². The molecule has 4 nitrogen and oxygen atoms in total. The van der Waals surface area contributed by atoms with Crippen molar-refractivity contribution in [2.75, 3.05) is 0 Å². The lowest BCUT2D eigenvalue weighted by Crippen LogP contribution is -2.21. The minimum Gasteiger partial charge on any atom is -0.465 e. The molecule has 1 amide bonds. The molecule has 0 bridgehead atoms. The lowest BCUT2D eigenvalue weighted by molar-refractivity contribution is 0.0920. The van der Waals surface area contributed by atoms with Gasteiger partial charge in [-0.15, -0.1) is 0 Å². The van der Waals surface area contributed by atoms with E-state index < -0.39 is 0 Å². The summed E-state index contributed by atoms with van der Waals surface area (Å²) in [6.07, 6.45) is 0. The Hall–Kier alpha value is -1.68. The molecule has 2 aromatic heterocycles. The van der Waals surface area contributed by atoms with Gasteiger partial charge in [0.05, 0.1) is 6.54 Å². The van der Waals surface area contributed by atoms with Crippen LogP contribution in [0.1, 0.15) is 22.1 Å². The molecule has 0 aliphatic heterocycles. The van der Waals surface area contributed by atoms with Crippen LogP contribution in [0.3, 0.4) is 0 Å². The number of carbonyl (C=O) groups is 1. The van der Waals surface area contributed by atoms with Gasteiger partial charge in [-0.1, -0.05) is 0 Å². The van der Waals surface area contributed by atoms with Gasteiger partial charge in [-0.05, 0) is 42.8 Å². The van der Waals surface area contributed by atoms with Gasteiger partial charge in [0.1, 0.15) is 11.5 Å². The molecule has 16 heavy (non-hydrogen) atoms. The Morgan fingerprint density at radius 1 is 1.31 bits per heavy atom. The number of halogens is 1. The normalized spacial score (nSPS) is 10.4. The van der Waals surface area contributed by atoms with E-state index in [1.165, 1.54) is 12.1 Å². The summed E-state index contributed by atoms with van der Waals surface area (Å²) in [5.74, 6) is 1.38. The predicted octanol–water partition coefficient (Wildman–Crippen LogP) is 2.76. The lowest BCUT2D eigenvalue weighted by Gasteiger charge is -1.99. The lowest BCUT2D eigenvalue weighted by atomic mass is 10.4. The second-order valence-electron chi connectivity index (χ2n) is 3.30. The zero-order valence-electron chi connectivity index (χ0n) is 8.62. The summed E-state index contributed by atoms with van der Waals surface area (Å²) in [4.78, 5) is 11.5. The molecule has 0 unspecified atom stereocenters. The summed E-state index contributed by atoms with van der Waals surface area (Å²) in [6, 6.07) is 6.69. The van der Waals surface area contributed by atoms with Crippen LogP contribution in [0.5, 0.6) is 0 Å². The number of nitrogens with one attached hydrogen (secondary N) is 1. The van der Waals surface area contributed by atoms with Gasteiger partial charge in [0.25, 0.3) is 5.91 Å². The first-order chi connectivity index (χ1) is 7.65. The monoisotopic (exact) mass is 239 g/mol. The zero-order chi connectivity index (χ0) is 11.5. The van der Waals surface area contributed by atoms with Crippen LogP contribution in [0.4, 0.5) is 0 Å². The number of hydrogen-bond donors (Lipinski definition) is 1. The van der Waals surface area contributed by atoms with Crippen LogP contribution in [0.2, 0.25) is 5.22 Å². The average molecular weight is 240 g/mol. The van der Waals surface area contributed by atoms with Crippen LogP contribution >= 0.6 is 11.6 Å². The van der Waals surface area contributed by atoms with E-state index in [9.17, 15) is 4.79 Å². The number of amides is 1. The van der Waals surface area contributed by atoms with Gasteiger partial charge in [-0.25, -0.2) is 0 Å². The Kier molecular flexibility index (Phi) is 3.01. The van der Waals surface area contributed by atoms with Crippen molar-refractivity contribution in [3.05, 3.63) is 46.8 Å². The summed E-state index contributed by atoms with van der Waals surface area (Å²) in [7, 11) is 0. The highest BCUT2D eigenvalue weighted by molar-refractivity contribution is 6.29. The molecule has 2 rings (SSSR count). The molecule has 2 aromatic rings. The summed E-state index contributed by atoms with van der Waals surface area (Å²) >= 11 is 5.56. The quantitative estimate of drug-likeness (QED) is 0.896. The molecule has 0 aliphatic rings. The Balaban J connectivity index is 1.93. The second-order valence-corrected chi connectivity index (χ2v) is 3.67. The molecule has 84 valence electrons. The van der Waals surface area contributed by atoms with E-state index in [4.69, 9.17) is 20.4 Å². The van der Waals surface area contributed by atoms with Crippen molar-refractivity contribution in [2.45, 2.75) is 13.5 Å². The molecule has 0 fully saturated rings. The minimum absolute atomic E-state index is 0.188. The Morgan fingerprint density at radius 2 is 2.12 bits per heavy atom. The molecule has 2 heterocycles. The third kappa shape index (κ3) is 2.46. The number of hydrogen-bond acceptors (Lipinski definition) is 3. The number of furan rings is 2. The van der Waals surface area contributed by atoms with Gasteiger partial charge in [0, 0.05) is 0 Å². The highest BCUT2D eigenvalue weighted by Gasteiger charge is 2.10. The Bertz CT molecular complexity index is 501. The maximum absolute atomic E-state index is 11.5. The van der Waals surface area contributed by atoms with E-state index in [-0.39, 0.29) is 16.9 Å². The largest absolute Gasteiger partial charge is 0.465 e. The maximum atomic E-state index is 11.5. The van der Waals surface area contributed by atoms with Crippen molar-refractivity contribution in [2.24, 2.45) is 0 Å². The molecule has 1 N–H and O–H groups in total. The highest BCUT2D eigenvalue weighted by atomic mass is 35.5. The third-order valence-corrected chi connectivity index (χ3v) is 2.22. The van der Waals surface area contributed by atoms with Crippen LogP contribution in [0.15, 0.2) is 33.1 Å². The van der Waals surface area contributed by atoms with E-state index in [0.29, 0.717) is 12.3 Å². The minimum atomic E-state index is -0.319. The predicted molar refractivity (Wildman–Crippen MR) is 58.3 cm³/mol. The van der Waals surface area contributed by atoms with E-state index in [2.05, 4.69) is 5.32 Å². The van der Waals surface area contributed by atoms with Crippen molar-refractivity contribution < 1.29 is 13.6 Å². The molecule has 0 atom stereocenters. The smallest absolute Gasteiger partial charge is 0.287 e. The molecular formula is C11H10ClNO3. The summed E-state index contributed by atoms with van der Waals surface area (Å²) in [6.45, 7) is 2.17. The topological polar surface area (TPSA) is 55.4 Å². The fourth-order valence-corrected chi connectivity index (χ4v) is 1.42. The molecule has 5 heteroatoms. The van der Waals surface area contributed by atoms with E-state index in [0.717, 1.165) is 5.76 Å². The van der Waals surface area contributed by atoms with Gasteiger partial charge in [-0.3, -0.25) is 4.79 Å². The van der Waals surface area contributed by atoms with Crippen molar-refractivity contribution in [1.82, 2.24) is 5.32 Å². The van der Waals surface area contributed by atoms with Crippen molar-refractivity contribution >= 4 is 17.5 Å². The number of rotatable bonds is 3. The van der Waals surface area contributed by atoms with E-state index >= 15 is 0 Å². The van der Waals surface area contributed by atoms with Crippen LogP contribution in [-0.2, 0) is 6.54 Å². The van der Waals surface area contributed by atoms with Crippen LogP contribution in [-0.4, -0.2) is 5.91 Å². The summed E-state index contributed by atoms with van der Waals surface area (Å²) in [5.41, 5.74) is 0. The van der Waals surface area contributed by atoms with Gasteiger partial charge >= 0.3 is 0 Å². The molecule has 0 aliphatic carbocycles. The summed E-state index contributed by atoms with van der Waals surface area (Å²) in [5, 5.41) is 2.85. The van der Waals surface area contributed by atoms with E-state index in [1.807, 2.05) is 19.1 Å². The first kappa shape index (κ1) is 10.8. The third-order valence-electron chi connectivity index (χ3n) is 2.02. The van der Waals surface area contributed by atoms with Crippen LogP contribution in [0.25, 0.3) is 0 Å². The first-order valence-electron chi connectivity index (χ1n) is 4.74. The van der Waals surface area contributed by atoms with Crippen molar-refractivity contribution in [1.29, 1.82) is 0 Å². The van der Waals surface area contributed by atoms with Crippen LogP contribution < -0.4 is 5.32 Å². The number of aryl methyl sites for hydroxylation is 1. The first-order valence-corrected chi connectivity index (χ1v) is 5.12. The van der Waals surface area contributed by atoms with E-state index in [1.54, 1.807) is 0 Å². The van der Waals surface area contributed by atoms with Gasteiger partial charge in [0.15, 0.2) is 11.0 Å². The van der Waals surface area contributed by atoms with Gasteiger partial charge < -0.3 is 14.2 Å². The molecule has 0 saturated carbocycles. The Morgan fingerprint density at radius 3 is 2.69 bits per heavy atom. The van der Waals surface area contributed by atoms with Gasteiger partial charge in [0.2, 0.25) is 0 Å². The number of carbonyl (C=O) groups excluding carboxylic acids is 1. The molecule has 0 radical (unpaired) electrons. The fourth-order valence-electron chi connectivity index (χ4n) is 1.27. The standard InChI is InChI=1S/C11H10ClNO3/c1-7-2-3-8(15-7)6-13-11(14)9-4-5-10(12)16-9/h2-5H,6H2,1H3,(H,13,14). The highest BCUT2D eigenvalue weighted by Crippen LogP contribution is 2.13. The Labute approximate surface area is 97.2 Å². The SMILES string of the molecule is Cc1ccc(CNC(=O)c2ccc(Cl)o2)o1. The molecule has 0 spiro atoms. The van der Waals surface area contributed by atoms with Crippen molar-refractivity contribution in [3.63, 3.8) is 0 Å². The van der Waals surface area contributed by atoms with Crippen molar-refractivity contribution in [3.8, 4) is 0 Å². The fraction of sp³-hybridized carbons (Fsp3) is 0.182. The van der Waals surface area contributed by atoms with Gasteiger partial charge in [-0.2, -0.15) is 0 Å². The summed E-state index contributed by atoms with van der Waals surface area (Å²) < 4.78 is 10.3. The molecular weight excluding hydrogens is 230 g/mol. The molecule has 0 saturated heterocycles. The maximum Gasteiger partial charge on any atom is 0.287 e. The average Bonchev–Trinajstić information content (AvgIpc) is 2.84. The second kappa shape index (κ2) is 4.45.